The number of alkyl halides is 2. The van der Waals surface area contributed by atoms with Crippen molar-refractivity contribution < 1.29 is 13.6 Å². The van der Waals surface area contributed by atoms with E-state index in [2.05, 4.69) is 0 Å². The van der Waals surface area contributed by atoms with Crippen LogP contribution < -0.4 is 0 Å². The van der Waals surface area contributed by atoms with E-state index in [4.69, 9.17) is 6.42 Å². The van der Waals surface area contributed by atoms with Crippen LogP contribution in [0.3, 0.4) is 0 Å². The van der Waals surface area contributed by atoms with Crippen LogP contribution >= 0.6 is 0 Å². The number of carbonyl (C=O) groups excluding carboxylic acids is 1. The standard InChI is InChI=1S/C7H6F2O/c1-2-5-3-4-6(10)7(5,8)9/h1,5H,3-4H2. The first-order valence-electron chi connectivity index (χ1n) is 2.96. The van der Waals surface area contributed by atoms with Crippen LogP contribution in [-0.2, 0) is 4.79 Å². The van der Waals surface area contributed by atoms with Crippen LogP contribution in [0, 0.1) is 18.3 Å². The number of rotatable bonds is 0. The van der Waals surface area contributed by atoms with Crippen molar-refractivity contribution in [3.63, 3.8) is 0 Å². The molecule has 0 aliphatic heterocycles. The fourth-order valence-electron chi connectivity index (χ4n) is 1.01. The van der Waals surface area contributed by atoms with Crippen molar-refractivity contribution in [2.24, 2.45) is 5.92 Å². The number of hydrogen-bond acceptors (Lipinski definition) is 1. The van der Waals surface area contributed by atoms with E-state index in [1.165, 1.54) is 0 Å². The number of halogens is 2. The fourth-order valence-corrected chi connectivity index (χ4v) is 1.01. The minimum Gasteiger partial charge on any atom is -0.293 e. The summed E-state index contributed by atoms with van der Waals surface area (Å²) in [6.45, 7) is 0. The van der Waals surface area contributed by atoms with Crippen LogP contribution in [0.15, 0.2) is 0 Å². The summed E-state index contributed by atoms with van der Waals surface area (Å²) < 4.78 is 25.0. The molecular weight excluding hydrogens is 138 g/mol. The first kappa shape index (κ1) is 7.20. The summed E-state index contributed by atoms with van der Waals surface area (Å²) in [4.78, 5) is 10.4. The Bertz CT molecular complexity index is 202. The van der Waals surface area contributed by atoms with Crippen molar-refractivity contribution >= 4 is 5.78 Å². The molecule has 0 saturated heterocycles. The lowest BCUT2D eigenvalue weighted by Gasteiger charge is -2.10. The van der Waals surface area contributed by atoms with Crippen molar-refractivity contribution in [3.05, 3.63) is 0 Å². The lowest BCUT2D eigenvalue weighted by molar-refractivity contribution is -0.140. The molecule has 0 aromatic heterocycles. The molecule has 10 heavy (non-hydrogen) atoms. The third kappa shape index (κ3) is 0.804. The number of ketones is 1. The maximum absolute atomic E-state index is 12.5. The van der Waals surface area contributed by atoms with Gasteiger partial charge in [-0.05, 0) is 6.42 Å². The van der Waals surface area contributed by atoms with Crippen LogP contribution in [0.1, 0.15) is 12.8 Å². The van der Waals surface area contributed by atoms with Crippen molar-refractivity contribution in [1.82, 2.24) is 0 Å². The molecule has 1 aliphatic rings. The predicted octanol–water partition coefficient (Wildman–Crippen LogP) is 1.23. The lowest BCUT2D eigenvalue weighted by Crippen LogP contribution is -2.28. The van der Waals surface area contributed by atoms with Gasteiger partial charge in [0.1, 0.15) is 0 Å². The average molecular weight is 144 g/mol. The first-order chi connectivity index (χ1) is 4.59. The molecule has 1 nitrogen and oxygen atoms in total. The van der Waals surface area contributed by atoms with Crippen LogP contribution in [0.4, 0.5) is 8.78 Å². The molecule has 1 aliphatic carbocycles. The molecule has 1 fully saturated rings. The fraction of sp³-hybridized carbons (Fsp3) is 0.571. The highest BCUT2D eigenvalue weighted by Gasteiger charge is 2.50. The van der Waals surface area contributed by atoms with E-state index in [-0.39, 0.29) is 12.8 Å². The number of Topliss-reactive ketones (excluding diaryl/α,β-unsaturated/α-hetero) is 1. The Labute approximate surface area is 57.4 Å². The van der Waals surface area contributed by atoms with E-state index in [0.717, 1.165) is 0 Å². The molecule has 1 saturated carbocycles. The van der Waals surface area contributed by atoms with Gasteiger partial charge < -0.3 is 0 Å². The Morgan fingerprint density at radius 2 is 2.30 bits per heavy atom. The molecule has 0 heterocycles. The van der Waals surface area contributed by atoms with Gasteiger partial charge in [-0.3, -0.25) is 4.79 Å². The SMILES string of the molecule is C#CC1CCC(=O)C1(F)F. The number of hydrogen-bond donors (Lipinski definition) is 0. The second-order valence-electron chi connectivity index (χ2n) is 2.30. The molecule has 0 radical (unpaired) electrons. The minimum absolute atomic E-state index is 0.0815. The Kier molecular flexibility index (Phi) is 1.47. The van der Waals surface area contributed by atoms with E-state index in [9.17, 15) is 13.6 Å². The van der Waals surface area contributed by atoms with E-state index < -0.39 is 17.6 Å². The minimum atomic E-state index is -3.26. The summed E-state index contributed by atoms with van der Waals surface area (Å²) in [5, 5.41) is 0. The smallest absolute Gasteiger partial charge is 0.293 e. The first-order valence-corrected chi connectivity index (χ1v) is 2.96. The van der Waals surface area contributed by atoms with Crippen molar-refractivity contribution in [2.45, 2.75) is 18.8 Å². The largest absolute Gasteiger partial charge is 0.318 e. The van der Waals surface area contributed by atoms with Crippen LogP contribution in [-0.4, -0.2) is 11.7 Å². The second kappa shape index (κ2) is 2.05. The highest BCUT2D eigenvalue weighted by Crippen LogP contribution is 2.36. The number of carbonyl (C=O) groups is 1. The van der Waals surface area contributed by atoms with Gasteiger partial charge in [-0.15, -0.1) is 6.42 Å². The van der Waals surface area contributed by atoms with E-state index in [1.807, 2.05) is 5.92 Å². The summed E-state index contributed by atoms with van der Waals surface area (Å²) in [7, 11) is 0. The van der Waals surface area contributed by atoms with E-state index >= 15 is 0 Å². The molecular formula is C7H6F2O. The molecule has 1 atom stereocenters. The third-order valence-electron chi connectivity index (χ3n) is 1.67. The van der Waals surface area contributed by atoms with Gasteiger partial charge in [-0.2, -0.15) is 8.78 Å². The van der Waals surface area contributed by atoms with Gasteiger partial charge >= 0.3 is 5.92 Å². The zero-order chi connectivity index (χ0) is 7.78. The Morgan fingerprint density at radius 1 is 1.70 bits per heavy atom. The van der Waals surface area contributed by atoms with Gasteiger partial charge in [0.2, 0.25) is 5.78 Å². The molecule has 1 rings (SSSR count). The molecule has 0 bridgehead atoms. The van der Waals surface area contributed by atoms with Crippen molar-refractivity contribution in [2.75, 3.05) is 0 Å². The molecule has 54 valence electrons. The molecule has 0 N–H and O–H groups in total. The number of terminal acetylenes is 1. The van der Waals surface area contributed by atoms with Crippen LogP contribution in [0.2, 0.25) is 0 Å². The predicted molar refractivity (Wildman–Crippen MR) is 31.5 cm³/mol. The zero-order valence-corrected chi connectivity index (χ0v) is 5.23. The summed E-state index contributed by atoms with van der Waals surface area (Å²) in [6, 6.07) is 0. The average Bonchev–Trinajstić information content (AvgIpc) is 2.10. The topological polar surface area (TPSA) is 17.1 Å². The van der Waals surface area contributed by atoms with Gasteiger partial charge in [-0.1, -0.05) is 5.92 Å². The molecule has 0 aromatic rings. The Morgan fingerprint density at radius 3 is 2.50 bits per heavy atom. The van der Waals surface area contributed by atoms with E-state index in [1.54, 1.807) is 0 Å². The van der Waals surface area contributed by atoms with Gasteiger partial charge in [0.15, 0.2) is 0 Å². The zero-order valence-electron chi connectivity index (χ0n) is 5.23. The summed E-state index contributed by atoms with van der Waals surface area (Å²) in [5.41, 5.74) is 0. The Hall–Kier alpha value is -0.910. The van der Waals surface area contributed by atoms with Crippen LogP contribution in [0.25, 0.3) is 0 Å². The highest BCUT2D eigenvalue weighted by molar-refractivity contribution is 5.88. The maximum Gasteiger partial charge on any atom is 0.318 e. The second-order valence-corrected chi connectivity index (χ2v) is 2.30. The summed E-state index contributed by atoms with van der Waals surface area (Å²) in [6.07, 6.45) is 4.84. The van der Waals surface area contributed by atoms with Crippen molar-refractivity contribution in [3.8, 4) is 12.3 Å². The molecule has 3 heteroatoms. The monoisotopic (exact) mass is 144 g/mol. The molecule has 0 aromatic carbocycles. The lowest BCUT2D eigenvalue weighted by atomic mass is 10.1. The van der Waals surface area contributed by atoms with E-state index in [0.29, 0.717) is 0 Å². The van der Waals surface area contributed by atoms with Gasteiger partial charge in [0.05, 0.1) is 5.92 Å². The normalized spacial score (nSPS) is 30.1. The van der Waals surface area contributed by atoms with Gasteiger partial charge in [-0.25, -0.2) is 0 Å². The summed E-state index contributed by atoms with van der Waals surface area (Å²) >= 11 is 0. The van der Waals surface area contributed by atoms with Crippen LogP contribution in [0.5, 0.6) is 0 Å². The summed E-state index contributed by atoms with van der Waals surface area (Å²) in [5.74, 6) is -3.53. The molecule has 0 amide bonds. The quantitative estimate of drug-likeness (QED) is 0.467. The highest BCUT2D eigenvalue weighted by atomic mass is 19.3. The Balaban J connectivity index is 2.86. The van der Waals surface area contributed by atoms with Crippen molar-refractivity contribution in [1.29, 1.82) is 0 Å². The third-order valence-corrected chi connectivity index (χ3v) is 1.67. The van der Waals surface area contributed by atoms with Gasteiger partial charge in [0, 0.05) is 6.42 Å². The molecule has 0 spiro atoms. The van der Waals surface area contributed by atoms with Gasteiger partial charge in [0.25, 0.3) is 0 Å². The molecule has 1 unspecified atom stereocenters. The maximum atomic E-state index is 12.5.